The van der Waals surface area contributed by atoms with E-state index in [-0.39, 0.29) is 0 Å². The van der Waals surface area contributed by atoms with Crippen molar-refractivity contribution in [2.45, 2.75) is 57.4 Å². The standard InChI is InChI=1S/C21H28N6/c1-13(2)14-5-9-17(10-6-14)24-18-11-20(23)26-27-12-19(25-21(18)27)15-3-7-16(22)8-4-15/h5-6,9-13,15-16,24H,3-4,7-8,22H2,1-2H3,(H2,23,26). The van der Waals surface area contributed by atoms with Gasteiger partial charge in [-0.3, -0.25) is 0 Å². The molecule has 3 aromatic rings. The van der Waals surface area contributed by atoms with Crippen molar-refractivity contribution in [1.29, 1.82) is 0 Å². The highest BCUT2D eigenvalue weighted by Crippen LogP contribution is 2.33. The minimum atomic E-state index is 0.332. The fourth-order valence-corrected chi connectivity index (χ4v) is 3.82. The number of fused-ring (bicyclic) bond motifs is 1. The number of nitrogens with zero attached hydrogens (tertiary/aromatic N) is 3. The largest absolute Gasteiger partial charge is 0.382 e. The summed E-state index contributed by atoms with van der Waals surface area (Å²) in [5.74, 6) is 1.44. The van der Waals surface area contributed by atoms with Gasteiger partial charge in [-0.25, -0.2) is 9.50 Å². The van der Waals surface area contributed by atoms with Crippen molar-refractivity contribution in [3.05, 3.63) is 47.8 Å². The van der Waals surface area contributed by atoms with Crippen molar-refractivity contribution in [3.8, 4) is 0 Å². The van der Waals surface area contributed by atoms with E-state index in [9.17, 15) is 0 Å². The highest BCUT2D eigenvalue weighted by atomic mass is 15.3. The first-order valence-corrected chi connectivity index (χ1v) is 9.78. The minimum Gasteiger partial charge on any atom is -0.382 e. The maximum absolute atomic E-state index is 6.04. The molecule has 1 aliphatic carbocycles. The molecule has 0 saturated heterocycles. The first kappa shape index (κ1) is 17.8. The van der Waals surface area contributed by atoms with Gasteiger partial charge in [0.2, 0.25) is 0 Å². The van der Waals surface area contributed by atoms with Crippen LogP contribution in [-0.2, 0) is 0 Å². The van der Waals surface area contributed by atoms with Crippen LogP contribution in [0.15, 0.2) is 36.5 Å². The fraction of sp³-hybridized carbons (Fsp3) is 0.429. The van der Waals surface area contributed by atoms with Crippen molar-refractivity contribution in [2.24, 2.45) is 5.73 Å². The van der Waals surface area contributed by atoms with E-state index in [1.807, 2.05) is 12.3 Å². The Morgan fingerprint density at radius 2 is 1.81 bits per heavy atom. The van der Waals surface area contributed by atoms with Crippen LogP contribution < -0.4 is 16.8 Å². The number of benzene rings is 1. The van der Waals surface area contributed by atoms with E-state index in [2.05, 4.69) is 48.5 Å². The van der Waals surface area contributed by atoms with E-state index in [0.717, 1.165) is 48.4 Å². The van der Waals surface area contributed by atoms with Gasteiger partial charge in [0.05, 0.1) is 17.6 Å². The van der Waals surface area contributed by atoms with Gasteiger partial charge in [0, 0.05) is 23.7 Å². The van der Waals surface area contributed by atoms with E-state index in [1.165, 1.54) is 5.56 Å². The Balaban J connectivity index is 1.63. The van der Waals surface area contributed by atoms with Gasteiger partial charge in [0.1, 0.15) is 5.82 Å². The van der Waals surface area contributed by atoms with Crippen LogP contribution in [-0.4, -0.2) is 20.6 Å². The summed E-state index contributed by atoms with van der Waals surface area (Å²) >= 11 is 0. The molecule has 142 valence electrons. The predicted octanol–water partition coefficient (Wildman–Crippen LogP) is 4.16. The lowest BCUT2D eigenvalue weighted by atomic mass is 9.85. The Kier molecular flexibility index (Phi) is 4.74. The van der Waals surface area contributed by atoms with E-state index < -0.39 is 0 Å². The molecule has 27 heavy (non-hydrogen) atoms. The van der Waals surface area contributed by atoms with Crippen LogP contribution in [0.3, 0.4) is 0 Å². The summed E-state index contributed by atoms with van der Waals surface area (Å²) in [4.78, 5) is 4.89. The molecule has 5 N–H and O–H groups in total. The average Bonchev–Trinajstić information content (AvgIpc) is 3.07. The first-order chi connectivity index (χ1) is 13.0. The highest BCUT2D eigenvalue weighted by molar-refractivity contribution is 5.75. The maximum atomic E-state index is 6.04. The predicted molar refractivity (Wildman–Crippen MR) is 110 cm³/mol. The zero-order valence-electron chi connectivity index (χ0n) is 16.0. The Morgan fingerprint density at radius 1 is 1.11 bits per heavy atom. The van der Waals surface area contributed by atoms with Gasteiger partial charge in [0.25, 0.3) is 0 Å². The molecule has 0 atom stereocenters. The number of nitrogens with one attached hydrogen (secondary N) is 1. The summed E-state index contributed by atoms with van der Waals surface area (Å²) < 4.78 is 1.80. The quantitative estimate of drug-likeness (QED) is 0.646. The molecule has 1 aromatic carbocycles. The number of hydrogen-bond acceptors (Lipinski definition) is 5. The topological polar surface area (TPSA) is 94.3 Å². The number of nitrogen functional groups attached to an aromatic ring is 1. The summed E-state index contributed by atoms with van der Waals surface area (Å²) in [6.45, 7) is 4.39. The van der Waals surface area contributed by atoms with Crippen LogP contribution in [0, 0.1) is 0 Å². The van der Waals surface area contributed by atoms with Gasteiger partial charge in [-0.1, -0.05) is 26.0 Å². The summed E-state index contributed by atoms with van der Waals surface area (Å²) in [5, 5.41) is 7.87. The molecule has 0 radical (unpaired) electrons. The summed E-state index contributed by atoms with van der Waals surface area (Å²) in [6, 6.07) is 10.7. The van der Waals surface area contributed by atoms with Crippen LogP contribution in [0.5, 0.6) is 0 Å². The Labute approximate surface area is 160 Å². The molecule has 1 fully saturated rings. The minimum absolute atomic E-state index is 0.332. The molecule has 0 spiro atoms. The van der Waals surface area contributed by atoms with Crippen LogP contribution in [0.1, 0.15) is 62.6 Å². The third-order valence-corrected chi connectivity index (χ3v) is 5.51. The summed E-state index contributed by atoms with van der Waals surface area (Å²) in [6.07, 6.45) is 6.29. The van der Waals surface area contributed by atoms with E-state index >= 15 is 0 Å². The number of rotatable bonds is 4. The van der Waals surface area contributed by atoms with Crippen molar-refractivity contribution >= 4 is 22.8 Å². The molecule has 6 heteroatoms. The Hall–Kier alpha value is -2.60. The monoisotopic (exact) mass is 364 g/mol. The summed E-state index contributed by atoms with van der Waals surface area (Å²) in [7, 11) is 0. The van der Waals surface area contributed by atoms with Crippen molar-refractivity contribution in [1.82, 2.24) is 14.6 Å². The number of nitrogens with two attached hydrogens (primary N) is 2. The molecule has 0 unspecified atom stereocenters. The van der Waals surface area contributed by atoms with Crippen LogP contribution in [0.2, 0.25) is 0 Å². The fourth-order valence-electron chi connectivity index (χ4n) is 3.82. The van der Waals surface area contributed by atoms with Crippen LogP contribution >= 0.6 is 0 Å². The third kappa shape index (κ3) is 3.76. The van der Waals surface area contributed by atoms with Gasteiger partial charge in [-0.2, -0.15) is 0 Å². The normalized spacial score (nSPS) is 20.3. The molecule has 2 aromatic heterocycles. The van der Waals surface area contributed by atoms with Gasteiger partial charge >= 0.3 is 0 Å². The molecule has 6 nitrogen and oxygen atoms in total. The number of aromatic nitrogens is 3. The van der Waals surface area contributed by atoms with Gasteiger partial charge in [0.15, 0.2) is 5.65 Å². The average molecular weight is 364 g/mol. The highest BCUT2D eigenvalue weighted by Gasteiger charge is 2.23. The first-order valence-electron chi connectivity index (χ1n) is 9.78. The lowest BCUT2D eigenvalue weighted by Gasteiger charge is -2.24. The molecular weight excluding hydrogens is 336 g/mol. The van der Waals surface area contributed by atoms with E-state index in [4.69, 9.17) is 16.5 Å². The van der Waals surface area contributed by atoms with Crippen molar-refractivity contribution < 1.29 is 0 Å². The van der Waals surface area contributed by atoms with Gasteiger partial charge < -0.3 is 16.8 Å². The molecule has 0 amide bonds. The second-order valence-corrected chi connectivity index (χ2v) is 7.93. The van der Waals surface area contributed by atoms with E-state index in [1.54, 1.807) is 4.52 Å². The molecule has 1 saturated carbocycles. The lowest BCUT2D eigenvalue weighted by molar-refractivity contribution is 0.391. The number of anilines is 3. The summed E-state index contributed by atoms with van der Waals surface area (Å²) in [5.41, 5.74) is 17.2. The Bertz CT molecular complexity index is 920. The zero-order chi connectivity index (χ0) is 19.0. The smallest absolute Gasteiger partial charge is 0.177 e. The van der Waals surface area contributed by atoms with Gasteiger partial charge in [-0.15, -0.1) is 5.10 Å². The number of imidazole rings is 1. The second kappa shape index (κ2) is 7.19. The molecule has 1 aliphatic rings. The molecular formula is C21H28N6. The molecule has 2 heterocycles. The molecule has 4 rings (SSSR count). The van der Waals surface area contributed by atoms with Crippen molar-refractivity contribution in [2.75, 3.05) is 11.1 Å². The van der Waals surface area contributed by atoms with Crippen molar-refractivity contribution in [3.63, 3.8) is 0 Å². The number of hydrogen-bond donors (Lipinski definition) is 3. The second-order valence-electron chi connectivity index (χ2n) is 7.93. The van der Waals surface area contributed by atoms with Crippen LogP contribution in [0.25, 0.3) is 5.65 Å². The molecule has 0 aliphatic heterocycles. The third-order valence-electron chi connectivity index (χ3n) is 5.51. The van der Waals surface area contributed by atoms with Gasteiger partial charge in [-0.05, 0) is 49.3 Å². The maximum Gasteiger partial charge on any atom is 0.177 e. The Morgan fingerprint density at radius 3 is 2.48 bits per heavy atom. The van der Waals surface area contributed by atoms with Crippen LogP contribution in [0.4, 0.5) is 17.2 Å². The SMILES string of the molecule is CC(C)c1ccc(Nc2cc(N)nn3cc(C4CCC(N)CC4)nc23)cc1. The molecule has 0 bridgehead atoms. The zero-order valence-corrected chi connectivity index (χ0v) is 16.0. The lowest BCUT2D eigenvalue weighted by Crippen LogP contribution is -2.25. The van der Waals surface area contributed by atoms with E-state index in [0.29, 0.717) is 23.7 Å².